The Morgan fingerprint density at radius 1 is 1.53 bits per heavy atom. The van der Waals surface area contributed by atoms with Crippen molar-refractivity contribution in [1.82, 2.24) is 4.57 Å². The van der Waals surface area contributed by atoms with E-state index in [0.29, 0.717) is 11.5 Å². The first-order chi connectivity index (χ1) is 7.13. The summed E-state index contributed by atoms with van der Waals surface area (Å²) in [5.41, 5.74) is 2.39. The minimum atomic E-state index is -0.337. The Labute approximate surface area is 92.5 Å². The molecule has 5 heteroatoms. The van der Waals surface area contributed by atoms with Crippen molar-refractivity contribution in [3.05, 3.63) is 28.7 Å². The van der Waals surface area contributed by atoms with Crippen LogP contribution in [-0.4, -0.2) is 17.5 Å². The molecule has 1 aromatic heterocycles. The van der Waals surface area contributed by atoms with Gasteiger partial charge in [0.1, 0.15) is 0 Å². The molecule has 0 radical (unpaired) electrons. The van der Waals surface area contributed by atoms with E-state index in [2.05, 4.69) is 12.6 Å². The topological polar surface area (TPSA) is 38.4 Å². The van der Waals surface area contributed by atoms with E-state index >= 15 is 0 Å². The van der Waals surface area contributed by atoms with Crippen molar-refractivity contribution in [2.75, 3.05) is 17.8 Å². The van der Waals surface area contributed by atoms with Crippen LogP contribution in [0.15, 0.2) is 27.4 Å². The number of anilines is 1. The second-order valence-corrected chi connectivity index (χ2v) is 3.70. The van der Waals surface area contributed by atoms with Crippen LogP contribution in [-0.2, 0) is 7.05 Å². The van der Waals surface area contributed by atoms with Crippen molar-refractivity contribution in [2.24, 2.45) is 7.05 Å². The molecular formula is C10H12N2O2S. The second-order valence-electron chi connectivity index (χ2n) is 3.42. The van der Waals surface area contributed by atoms with Crippen LogP contribution in [0.25, 0.3) is 11.1 Å². The molecule has 0 aliphatic carbocycles. The van der Waals surface area contributed by atoms with E-state index in [1.807, 2.05) is 30.1 Å². The summed E-state index contributed by atoms with van der Waals surface area (Å²) in [6.45, 7) is 0. The molecule has 1 aromatic carbocycles. The van der Waals surface area contributed by atoms with Crippen LogP contribution in [0.1, 0.15) is 0 Å². The molecule has 0 atom stereocenters. The van der Waals surface area contributed by atoms with Crippen LogP contribution in [0.4, 0.5) is 5.69 Å². The lowest BCUT2D eigenvalue weighted by atomic mass is 10.3. The summed E-state index contributed by atoms with van der Waals surface area (Å²) in [6, 6.07) is 5.65. The number of rotatable bonds is 2. The molecule has 0 spiro atoms. The number of oxazole rings is 1. The van der Waals surface area contributed by atoms with Gasteiger partial charge in [-0.15, -0.1) is 0 Å². The van der Waals surface area contributed by atoms with Crippen LogP contribution < -0.4 is 10.7 Å². The van der Waals surface area contributed by atoms with Crippen LogP contribution in [0.2, 0.25) is 0 Å². The average Bonchev–Trinajstić information content (AvgIpc) is 2.53. The van der Waals surface area contributed by atoms with Crippen molar-refractivity contribution in [2.45, 2.75) is 0 Å². The van der Waals surface area contributed by atoms with Crippen LogP contribution in [0, 0.1) is 0 Å². The maximum atomic E-state index is 11.3. The monoisotopic (exact) mass is 224 g/mol. The van der Waals surface area contributed by atoms with E-state index in [1.54, 1.807) is 7.05 Å². The smallest absolute Gasteiger partial charge is 0.408 e. The maximum absolute atomic E-state index is 11.3. The summed E-state index contributed by atoms with van der Waals surface area (Å²) in [7, 11) is 3.62. The van der Waals surface area contributed by atoms with Gasteiger partial charge in [0.2, 0.25) is 0 Å². The number of aromatic nitrogens is 1. The lowest BCUT2D eigenvalue weighted by Gasteiger charge is -2.15. The van der Waals surface area contributed by atoms with E-state index in [0.717, 1.165) is 11.2 Å². The first kappa shape index (κ1) is 10.2. The predicted molar refractivity (Wildman–Crippen MR) is 63.7 cm³/mol. The van der Waals surface area contributed by atoms with Gasteiger partial charge >= 0.3 is 5.76 Å². The normalized spacial score (nSPS) is 10.9. The Morgan fingerprint density at radius 2 is 2.27 bits per heavy atom. The van der Waals surface area contributed by atoms with E-state index in [1.165, 1.54) is 4.57 Å². The molecule has 0 unspecified atom stereocenters. The van der Waals surface area contributed by atoms with Gasteiger partial charge in [-0.3, -0.25) is 4.57 Å². The second kappa shape index (κ2) is 3.66. The Bertz CT molecular complexity index is 544. The highest BCUT2D eigenvalue weighted by Crippen LogP contribution is 2.20. The van der Waals surface area contributed by atoms with Crippen LogP contribution in [0.5, 0.6) is 0 Å². The number of hydrogen-bond donors (Lipinski definition) is 1. The number of aryl methyl sites for hydroxylation is 1. The lowest BCUT2D eigenvalue weighted by Crippen LogP contribution is -2.13. The van der Waals surface area contributed by atoms with E-state index < -0.39 is 0 Å². The number of thiol groups is 1. The average molecular weight is 224 g/mol. The molecule has 0 bridgehead atoms. The molecule has 0 fully saturated rings. The fourth-order valence-electron chi connectivity index (χ4n) is 1.44. The Morgan fingerprint density at radius 3 is 2.93 bits per heavy atom. The van der Waals surface area contributed by atoms with Gasteiger partial charge in [0.15, 0.2) is 5.58 Å². The quantitative estimate of drug-likeness (QED) is 0.620. The molecule has 0 aliphatic rings. The third kappa shape index (κ3) is 1.63. The highest BCUT2D eigenvalue weighted by atomic mass is 32.1. The van der Waals surface area contributed by atoms with Crippen molar-refractivity contribution in [3.63, 3.8) is 0 Å². The molecule has 80 valence electrons. The summed E-state index contributed by atoms with van der Waals surface area (Å²) in [5.74, 6) is 0.276. The summed E-state index contributed by atoms with van der Waals surface area (Å²) < 4.78 is 6.58. The predicted octanol–water partition coefficient (Wildman–Crippen LogP) is 1.45. The van der Waals surface area contributed by atoms with Crippen molar-refractivity contribution in [1.29, 1.82) is 0 Å². The summed E-state index contributed by atoms with van der Waals surface area (Å²) >= 11 is 4.18. The molecular weight excluding hydrogens is 212 g/mol. The molecule has 0 saturated heterocycles. The molecule has 0 saturated carbocycles. The van der Waals surface area contributed by atoms with Crippen LogP contribution in [0.3, 0.4) is 0 Å². The maximum Gasteiger partial charge on any atom is 0.419 e. The minimum absolute atomic E-state index is 0.337. The summed E-state index contributed by atoms with van der Waals surface area (Å²) in [5, 5.41) is 0. The van der Waals surface area contributed by atoms with Crippen molar-refractivity contribution >= 4 is 29.4 Å². The van der Waals surface area contributed by atoms with Gasteiger partial charge < -0.3 is 9.32 Å². The number of benzene rings is 1. The van der Waals surface area contributed by atoms with Gasteiger partial charge in [0.05, 0.1) is 11.4 Å². The van der Waals surface area contributed by atoms with Crippen molar-refractivity contribution in [3.8, 4) is 0 Å². The fourth-order valence-corrected chi connectivity index (χ4v) is 1.60. The minimum Gasteiger partial charge on any atom is -0.408 e. The van der Waals surface area contributed by atoms with Gasteiger partial charge in [-0.2, -0.15) is 12.6 Å². The van der Waals surface area contributed by atoms with E-state index in [-0.39, 0.29) is 5.76 Å². The highest BCUT2D eigenvalue weighted by molar-refractivity contribution is 7.80. The Kier molecular flexibility index (Phi) is 2.48. The molecule has 0 aliphatic heterocycles. The fraction of sp³-hybridized carbons (Fsp3) is 0.300. The first-order valence-corrected chi connectivity index (χ1v) is 5.18. The SMILES string of the molecule is CN(CS)c1ccc2c(c1)oc(=O)n2C. The molecule has 4 nitrogen and oxygen atoms in total. The summed E-state index contributed by atoms with van der Waals surface area (Å²) in [4.78, 5) is 13.2. The third-order valence-corrected chi connectivity index (χ3v) is 2.85. The Hall–Kier alpha value is -1.36. The van der Waals surface area contributed by atoms with Gasteiger partial charge in [-0.05, 0) is 12.1 Å². The molecule has 2 rings (SSSR count). The lowest BCUT2D eigenvalue weighted by molar-refractivity contribution is 0.528. The first-order valence-electron chi connectivity index (χ1n) is 4.55. The number of nitrogens with zero attached hydrogens (tertiary/aromatic N) is 2. The summed E-state index contributed by atoms with van der Waals surface area (Å²) in [6.07, 6.45) is 0. The Balaban J connectivity index is 2.62. The van der Waals surface area contributed by atoms with Gasteiger partial charge in [0, 0.05) is 25.8 Å². The zero-order chi connectivity index (χ0) is 11.0. The van der Waals surface area contributed by atoms with Gasteiger partial charge in [-0.1, -0.05) is 0 Å². The van der Waals surface area contributed by atoms with Crippen molar-refractivity contribution < 1.29 is 4.42 Å². The van der Waals surface area contributed by atoms with Gasteiger partial charge in [0.25, 0.3) is 0 Å². The van der Waals surface area contributed by atoms with Gasteiger partial charge in [-0.25, -0.2) is 4.79 Å². The number of hydrogen-bond acceptors (Lipinski definition) is 4. The van der Waals surface area contributed by atoms with E-state index in [9.17, 15) is 4.79 Å². The molecule has 0 N–H and O–H groups in total. The highest BCUT2D eigenvalue weighted by Gasteiger charge is 2.07. The standard InChI is InChI=1S/C10H12N2O2S/c1-11(6-15)7-3-4-8-9(5-7)14-10(13)12(8)2/h3-5,15H,6H2,1-2H3. The largest absolute Gasteiger partial charge is 0.419 e. The molecule has 2 aromatic rings. The zero-order valence-corrected chi connectivity index (χ0v) is 9.49. The molecule has 15 heavy (non-hydrogen) atoms. The van der Waals surface area contributed by atoms with Crippen LogP contribution >= 0.6 is 12.6 Å². The molecule has 0 amide bonds. The molecule has 1 heterocycles. The third-order valence-electron chi connectivity index (χ3n) is 2.43. The zero-order valence-electron chi connectivity index (χ0n) is 8.60. The number of fused-ring (bicyclic) bond motifs is 1. The van der Waals surface area contributed by atoms with E-state index in [4.69, 9.17) is 4.42 Å².